The lowest BCUT2D eigenvalue weighted by atomic mass is 10.1. The van der Waals surface area contributed by atoms with Gasteiger partial charge in [0.1, 0.15) is 5.82 Å². The van der Waals surface area contributed by atoms with Crippen LogP contribution in [0, 0.1) is 6.92 Å². The fourth-order valence-corrected chi connectivity index (χ4v) is 2.38. The minimum Gasteiger partial charge on any atom is -0.481 e. The number of benzene rings is 2. The van der Waals surface area contributed by atoms with Crippen LogP contribution in [0.3, 0.4) is 0 Å². The van der Waals surface area contributed by atoms with E-state index in [0.29, 0.717) is 22.6 Å². The lowest BCUT2D eigenvalue weighted by Gasteiger charge is -2.07. The van der Waals surface area contributed by atoms with Crippen LogP contribution in [0.2, 0.25) is 0 Å². The molecule has 7 nitrogen and oxygen atoms in total. The number of carbonyl (C=O) groups is 2. The Morgan fingerprint density at radius 1 is 1.16 bits per heavy atom. The topological polar surface area (TPSA) is 108 Å². The van der Waals surface area contributed by atoms with E-state index in [2.05, 4.69) is 20.5 Å². The van der Waals surface area contributed by atoms with E-state index in [1.807, 2.05) is 6.92 Å². The predicted octanol–water partition coefficient (Wildman–Crippen LogP) is 2.66. The molecule has 0 aliphatic heterocycles. The first-order valence-electron chi connectivity index (χ1n) is 7.63. The highest BCUT2D eigenvalue weighted by Crippen LogP contribution is 2.17. The molecule has 3 rings (SSSR count). The van der Waals surface area contributed by atoms with Gasteiger partial charge in [-0.2, -0.15) is 5.10 Å². The number of anilines is 1. The van der Waals surface area contributed by atoms with Crippen molar-refractivity contribution in [2.45, 2.75) is 13.3 Å². The fourth-order valence-electron chi connectivity index (χ4n) is 2.38. The number of carboxylic acid groups (broad SMARTS) is 1. The standard InChI is InChI=1S/C18H16N4O3/c1-11-19-17(22-21-11)13-5-7-14(8-6-13)18(25)20-15-4-2-3-12(9-15)10-16(23)24/h2-9H,10H2,1H3,(H,20,25)(H,23,24)(H,19,21,22). The molecule has 0 aliphatic rings. The molecule has 0 unspecified atom stereocenters. The number of hydrogen-bond donors (Lipinski definition) is 3. The number of aryl methyl sites for hydroxylation is 1. The largest absolute Gasteiger partial charge is 0.481 e. The zero-order valence-electron chi connectivity index (χ0n) is 13.5. The Balaban J connectivity index is 1.72. The molecule has 0 bridgehead atoms. The van der Waals surface area contributed by atoms with E-state index in [-0.39, 0.29) is 12.3 Å². The summed E-state index contributed by atoms with van der Waals surface area (Å²) in [5.41, 5.74) is 2.47. The van der Waals surface area contributed by atoms with Gasteiger partial charge >= 0.3 is 5.97 Å². The summed E-state index contributed by atoms with van der Waals surface area (Å²) in [7, 11) is 0. The summed E-state index contributed by atoms with van der Waals surface area (Å²) in [5.74, 6) is 0.107. The number of nitrogens with zero attached hydrogens (tertiary/aromatic N) is 2. The number of H-pyrrole nitrogens is 1. The maximum atomic E-state index is 12.3. The van der Waals surface area contributed by atoms with Crippen LogP contribution in [-0.4, -0.2) is 32.2 Å². The van der Waals surface area contributed by atoms with Crippen molar-refractivity contribution in [3.05, 3.63) is 65.5 Å². The van der Waals surface area contributed by atoms with Gasteiger partial charge in [0.2, 0.25) is 0 Å². The normalized spacial score (nSPS) is 10.4. The van der Waals surface area contributed by atoms with Gasteiger partial charge in [-0.3, -0.25) is 14.7 Å². The summed E-state index contributed by atoms with van der Waals surface area (Å²) in [6.45, 7) is 1.82. The van der Waals surface area contributed by atoms with Gasteiger partial charge in [-0.1, -0.05) is 24.3 Å². The van der Waals surface area contributed by atoms with Crippen LogP contribution in [0.4, 0.5) is 5.69 Å². The second-order valence-electron chi connectivity index (χ2n) is 5.55. The minimum atomic E-state index is -0.915. The van der Waals surface area contributed by atoms with Crippen LogP contribution < -0.4 is 5.32 Å². The van der Waals surface area contributed by atoms with Crippen molar-refractivity contribution >= 4 is 17.6 Å². The van der Waals surface area contributed by atoms with Crippen molar-refractivity contribution in [2.75, 3.05) is 5.32 Å². The molecule has 0 saturated carbocycles. The number of nitrogens with one attached hydrogen (secondary N) is 2. The quantitative estimate of drug-likeness (QED) is 0.664. The van der Waals surface area contributed by atoms with Gasteiger partial charge in [-0.15, -0.1) is 0 Å². The first-order valence-corrected chi connectivity index (χ1v) is 7.63. The minimum absolute atomic E-state index is 0.0888. The number of carbonyl (C=O) groups excluding carboxylic acids is 1. The van der Waals surface area contributed by atoms with Crippen molar-refractivity contribution < 1.29 is 14.7 Å². The number of carboxylic acids is 1. The predicted molar refractivity (Wildman–Crippen MR) is 92.3 cm³/mol. The summed E-state index contributed by atoms with van der Waals surface area (Å²) >= 11 is 0. The smallest absolute Gasteiger partial charge is 0.307 e. The molecule has 7 heteroatoms. The number of aromatic amines is 1. The second-order valence-corrected chi connectivity index (χ2v) is 5.55. The molecule has 2 aromatic carbocycles. The summed E-state index contributed by atoms with van der Waals surface area (Å²) < 4.78 is 0. The van der Waals surface area contributed by atoms with Crippen LogP contribution >= 0.6 is 0 Å². The molecule has 1 heterocycles. The first-order chi connectivity index (χ1) is 12.0. The zero-order chi connectivity index (χ0) is 17.8. The van der Waals surface area contributed by atoms with Gasteiger partial charge in [-0.05, 0) is 36.8 Å². The SMILES string of the molecule is Cc1nc(-c2ccc(C(=O)Nc3cccc(CC(=O)O)c3)cc2)n[nH]1. The fraction of sp³-hybridized carbons (Fsp3) is 0.111. The van der Waals surface area contributed by atoms with Crippen LogP contribution in [-0.2, 0) is 11.2 Å². The third kappa shape index (κ3) is 4.08. The number of aromatic nitrogens is 3. The molecule has 126 valence electrons. The van der Waals surface area contributed by atoms with E-state index in [0.717, 1.165) is 11.4 Å². The Bertz CT molecular complexity index is 916. The average molecular weight is 336 g/mol. The average Bonchev–Trinajstić information content (AvgIpc) is 3.01. The van der Waals surface area contributed by atoms with E-state index in [1.54, 1.807) is 48.5 Å². The van der Waals surface area contributed by atoms with Gasteiger partial charge in [0.15, 0.2) is 5.82 Å². The van der Waals surface area contributed by atoms with Crippen LogP contribution in [0.5, 0.6) is 0 Å². The van der Waals surface area contributed by atoms with Gasteiger partial charge in [0, 0.05) is 16.8 Å². The van der Waals surface area contributed by atoms with Gasteiger partial charge in [0.25, 0.3) is 5.91 Å². The molecule has 25 heavy (non-hydrogen) atoms. The van der Waals surface area contributed by atoms with Crippen molar-refractivity contribution in [3.8, 4) is 11.4 Å². The first kappa shape index (κ1) is 16.4. The Morgan fingerprint density at radius 2 is 1.92 bits per heavy atom. The third-order valence-electron chi connectivity index (χ3n) is 3.54. The highest BCUT2D eigenvalue weighted by molar-refractivity contribution is 6.04. The molecular weight excluding hydrogens is 320 g/mol. The molecule has 0 aliphatic carbocycles. The Morgan fingerprint density at radius 3 is 2.56 bits per heavy atom. The molecule has 0 atom stereocenters. The summed E-state index contributed by atoms with van der Waals surface area (Å²) in [6.07, 6.45) is -0.0888. The van der Waals surface area contributed by atoms with Crippen molar-refractivity contribution in [3.63, 3.8) is 0 Å². The van der Waals surface area contributed by atoms with E-state index in [4.69, 9.17) is 5.11 Å². The molecule has 1 amide bonds. The van der Waals surface area contributed by atoms with Crippen LogP contribution in [0.15, 0.2) is 48.5 Å². The highest BCUT2D eigenvalue weighted by atomic mass is 16.4. The molecule has 0 spiro atoms. The highest BCUT2D eigenvalue weighted by Gasteiger charge is 2.09. The summed E-state index contributed by atoms with van der Waals surface area (Å²) in [5, 5.41) is 18.5. The number of aliphatic carboxylic acids is 1. The molecule has 0 saturated heterocycles. The van der Waals surface area contributed by atoms with Crippen molar-refractivity contribution in [2.24, 2.45) is 0 Å². The van der Waals surface area contributed by atoms with Crippen LogP contribution in [0.1, 0.15) is 21.7 Å². The number of hydrogen-bond acceptors (Lipinski definition) is 4. The van der Waals surface area contributed by atoms with Crippen molar-refractivity contribution in [1.29, 1.82) is 0 Å². The van der Waals surface area contributed by atoms with Gasteiger partial charge in [-0.25, -0.2) is 4.98 Å². The zero-order valence-corrected chi connectivity index (χ0v) is 13.5. The lowest BCUT2D eigenvalue weighted by molar-refractivity contribution is -0.136. The summed E-state index contributed by atoms with van der Waals surface area (Å²) in [4.78, 5) is 27.4. The maximum Gasteiger partial charge on any atom is 0.307 e. The molecular formula is C18H16N4O3. The van der Waals surface area contributed by atoms with E-state index in [1.165, 1.54) is 0 Å². The molecule has 3 N–H and O–H groups in total. The second kappa shape index (κ2) is 6.96. The maximum absolute atomic E-state index is 12.3. The Labute approximate surface area is 143 Å². The van der Waals surface area contributed by atoms with Gasteiger partial charge < -0.3 is 10.4 Å². The molecule has 0 radical (unpaired) electrons. The van der Waals surface area contributed by atoms with E-state index < -0.39 is 5.97 Å². The van der Waals surface area contributed by atoms with Gasteiger partial charge in [0.05, 0.1) is 6.42 Å². The molecule has 3 aromatic rings. The Hall–Kier alpha value is -3.48. The lowest BCUT2D eigenvalue weighted by Crippen LogP contribution is -2.12. The van der Waals surface area contributed by atoms with E-state index in [9.17, 15) is 9.59 Å². The van der Waals surface area contributed by atoms with Crippen molar-refractivity contribution in [1.82, 2.24) is 15.2 Å². The number of rotatable bonds is 5. The van der Waals surface area contributed by atoms with E-state index >= 15 is 0 Å². The Kier molecular flexibility index (Phi) is 4.56. The molecule has 1 aromatic heterocycles. The molecule has 0 fully saturated rings. The monoisotopic (exact) mass is 336 g/mol. The number of amides is 1. The third-order valence-corrected chi connectivity index (χ3v) is 3.54. The van der Waals surface area contributed by atoms with Crippen LogP contribution in [0.25, 0.3) is 11.4 Å². The summed E-state index contributed by atoms with van der Waals surface area (Å²) in [6, 6.07) is 13.7.